The van der Waals surface area contributed by atoms with E-state index in [2.05, 4.69) is 38.1 Å². The minimum Gasteiger partial charge on any atom is -0.724 e. The molecule has 4 heteroatoms. The van der Waals surface area contributed by atoms with Crippen molar-refractivity contribution >= 4 is 12.2 Å². The van der Waals surface area contributed by atoms with Crippen molar-refractivity contribution in [1.82, 2.24) is 0 Å². The van der Waals surface area contributed by atoms with E-state index >= 15 is 0 Å². The van der Waals surface area contributed by atoms with Crippen LogP contribution in [0.4, 0.5) is 0 Å². The summed E-state index contributed by atoms with van der Waals surface area (Å²) in [5, 5.41) is 13.5. The van der Waals surface area contributed by atoms with Crippen molar-refractivity contribution in [2.75, 3.05) is 0 Å². The Kier molecular flexibility index (Phi) is 11.4. The van der Waals surface area contributed by atoms with Crippen molar-refractivity contribution in [3.8, 4) is 0 Å². The van der Waals surface area contributed by atoms with Crippen LogP contribution >= 0.6 is 0 Å². The average molecular weight is 190 g/mol. The van der Waals surface area contributed by atoms with Crippen molar-refractivity contribution in [2.45, 2.75) is 13.8 Å². The maximum Gasteiger partial charge on any atom is -0.0159 e. The van der Waals surface area contributed by atoms with Gasteiger partial charge in [0.2, 0.25) is 0 Å². The molecule has 0 unspecified atom stereocenters. The Labute approximate surface area is 82.6 Å². The summed E-state index contributed by atoms with van der Waals surface area (Å²) in [6, 6.07) is 8.48. The molecule has 0 fully saturated rings. The number of hydrogen-bond donors (Lipinski definition) is 0. The minimum atomic E-state index is 0.500. The lowest BCUT2D eigenvalue weighted by atomic mass is 10.2. The lowest BCUT2D eigenvalue weighted by molar-refractivity contribution is 0.568. The van der Waals surface area contributed by atoms with E-state index in [-0.39, 0.29) is 0 Å². The monoisotopic (exact) mass is 190 g/mol. The number of isocyanates is 2. The number of aryl methyl sites for hydroxylation is 2. The third-order valence-electron chi connectivity index (χ3n) is 1.22. The zero-order valence-electron chi connectivity index (χ0n) is 8.02. The molecular weight excluding hydrogens is 180 g/mol. The largest absolute Gasteiger partial charge is 0.724 e. The average Bonchev–Trinajstić information content (AvgIpc) is 2.13. The lowest BCUT2D eigenvalue weighted by Gasteiger charge is -1.90. The van der Waals surface area contributed by atoms with E-state index in [9.17, 15) is 0 Å². The van der Waals surface area contributed by atoms with E-state index in [0.29, 0.717) is 12.2 Å². The van der Waals surface area contributed by atoms with Crippen LogP contribution in [0.1, 0.15) is 11.1 Å². The minimum absolute atomic E-state index is 0.500. The van der Waals surface area contributed by atoms with Crippen LogP contribution in [0, 0.1) is 13.8 Å². The number of hydrogen-bond acceptors (Lipinski definition) is 2. The van der Waals surface area contributed by atoms with Gasteiger partial charge in [0, 0.05) is 0 Å². The van der Waals surface area contributed by atoms with E-state index in [0.717, 1.165) is 0 Å². The highest BCUT2D eigenvalue weighted by Crippen LogP contribution is 1.99. The third kappa shape index (κ3) is 12.6. The standard InChI is InChI=1S/C8H10.2CNO/c1-7-3-5-8(2)6-4-7;2*2-1-3/h3-6H,1-2H3;;/q;2*-1. The number of benzene rings is 1. The van der Waals surface area contributed by atoms with Crippen LogP contribution in [0.3, 0.4) is 0 Å². The zero-order chi connectivity index (χ0) is 11.4. The van der Waals surface area contributed by atoms with Crippen molar-refractivity contribution in [3.05, 3.63) is 46.2 Å². The van der Waals surface area contributed by atoms with Gasteiger partial charge < -0.3 is 10.8 Å². The van der Waals surface area contributed by atoms with Gasteiger partial charge in [0.05, 0.1) is 0 Å². The predicted molar refractivity (Wildman–Crippen MR) is 54.0 cm³/mol. The molecule has 0 amide bonds. The van der Waals surface area contributed by atoms with Crippen molar-refractivity contribution in [2.24, 2.45) is 0 Å². The van der Waals surface area contributed by atoms with Crippen LogP contribution in [-0.2, 0) is 9.59 Å². The Hall–Kier alpha value is -2.02. The number of carbonyl (C=O) groups excluding carboxylic acids is 2. The second-order valence-corrected chi connectivity index (χ2v) is 2.34. The fraction of sp³-hybridized carbons (Fsp3) is 0.200. The highest BCUT2D eigenvalue weighted by Gasteiger charge is 1.79. The molecule has 0 aliphatic carbocycles. The Morgan fingerprint density at radius 2 is 1.00 bits per heavy atom. The second kappa shape index (κ2) is 11.0. The van der Waals surface area contributed by atoms with Crippen molar-refractivity contribution in [1.29, 1.82) is 0 Å². The lowest BCUT2D eigenvalue weighted by Crippen LogP contribution is -1.70. The van der Waals surface area contributed by atoms with Crippen molar-refractivity contribution < 1.29 is 9.59 Å². The topological polar surface area (TPSA) is 78.7 Å². The molecule has 1 aromatic rings. The van der Waals surface area contributed by atoms with E-state index < -0.39 is 0 Å². The first-order valence-electron chi connectivity index (χ1n) is 3.68. The maximum absolute atomic E-state index is 8.24. The van der Waals surface area contributed by atoms with Gasteiger partial charge in [-0.1, -0.05) is 35.4 Å². The molecule has 0 spiro atoms. The van der Waals surface area contributed by atoms with Gasteiger partial charge in [-0.2, -0.15) is 0 Å². The molecule has 0 bridgehead atoms. The molecule has 0 atom stereocenters. The number of nitrogens with zero attached hydrogens (tertiary/aromatic N) is 2. The quantitative estimate of drug-likeness (QED) is 0.463. The van der Waals surface area contributed by atoms with Gasteiger partial charge in [-0.25, -0.2) is 0 Å². The summed E-state index contributed by atoms with van der Waals surface area (Å²) in [5.74, 6) is 0. The highest BCUT2D eigenvalue weighted by atomic mass is 16.1. The Morgan fingerprint density at radius 1 is 0.857 bits per heavy atom. The summed E-state index contributed by atoms with van der Waals surface area (Å²) < 4.78 is 0. The molecule has 0 saturated carbocycles. The van der Waals surface area contributed by atoms with Crippen LogP contribution in [0.25, 0.3) is 10.8 Å². The summed E-state index contributed by atoms with van der Waals surface area (Å²) in [7, 11) is 0. The first-order chi connectivity index (χ1) is 6.62. The maximum atomic E-state index is 8.24. The Bertz CT molecular complexity index is 272. The molecule has 0 aromatic heterocycles. The molecule has 0 radical (unpaired) electrons. The van der Waals surface area contributed by atoms with Crippen LogP contribution < -0.4 is 0 Å². The van der Waals surface area contributed by atoms with Crippen LogP contribution in [0.15, 0.2) is 24.3 Å². The van der Waals surface area contributed by atoms with E-state index in [1.807, 2.05) is 0 Å². The molecule has 4 nitrogen and oxygen atoms in total. The normalized spacial score (nSPS) is 6.43. The smallest absolute Gasteiger partial charge is 0.0159 e. The zero-order valence-corrected chi connectivity index (χ0v) is 8.02. The molecule has 14 heavy (non-hydrogen) atoms. The van der Waals surface area contributed by atoms with Gasteiger partial charge in [-0.3, -0.25) is 9.59 Å². The van der Waals surface area contributed by atoms with Gasteiger partial charge in [0.15, 0.2) is 0 Å². The summed E-state index contributed by atoms with van der Waals surface area (Å²) in [5.41, 5.74) is 2.66. The number of rotatable bonds is 0. The molecule has 1 aromatic carbocycles. The fourth-order valence-electron chi connectivity index (χ4n) is 0.637. The first kappa shape index (κ1) is 14.5. The van der Waals surface area contributed by atoms with Gasteiger partial charge >= 0.3 is 0 Å². The van der Waals surface area contributed by atoms with Gasteiger partial charge in [0.1, 0.15) is 0 Å². The van der Waals surface area contributed by atoms with E-state index in [1.54, 1.807) is 0 Å². The molecular formula is C10H10N2O2-2. The third-order valence-corrected chi connectivity index (χ3v) is 1.22. The first-order valence-corrected chi connectivity index (χ1v) is 3.68. The molecule has 1 rings (SSSR count). The fourth-order valence-corrected chi connectivity index (χ4v) is 0.637. The molecule has 0 N–H and O–H groups in total. The van der Waals surface area contributed by atoms with E-state index in [4.69, 9.17) is 20.4 Å². The SMILES string of the molecule is Cc1ccc(C)cc1.[N-]=C=O.[N-]=C=O. The second-order valence-electron chi connectivity index (χ2n) is 2.34. The molecule has 0 aliphatic heterocycles. The summed E-state index contributed by atoms with van der Waals surface area (Å²) in [6.07, 6.45) is 1.00. The summed E-state index contributed by atoms with van der Waals surface area (Å²) in [4.78, 5) is 16.5. The van der Waals surface area contributed by atoms with Crippen LogP contribution in [0.2, 0.25) is 0 Å². The molecule has 0 aliphatic rings. The summed E-state index contributed by atoms with van der Waals surface area (Å²) in [6.45, 7) is 4.19. The molecule has 74 valence electrons. The molecule has 0 saturated heterocycles. The van der Waals surface area contributed by atoms with E-state index in [1.165, 1.54) is 11.1 Å². The molecule has 0 heterocycles. The predicted octanol–water partition coefficient (Wildman–Crippen LogP) is 2.09. The highest BCUT2D eigenvalue weighted by molar-refractivity contribution is 5.37. The van der Waals surface area contributed by atoms with Crippen molar-refractivity contribution in [3.63, 3.8) is 0 Å². The Balaban J connectivity index is 0. The van der Waals surface area contributed by atoms with Gasteiger partial charge in [-0.05, 0) is 26.0 Å². The van der Waals surface area contributed by atoms with Crippen LogP contribution in [0.5, 0.6) is 0 Å². The Morgan fingerprint density at radius 3 is 1.14 bits per heavy atom. The van der Waals surface area contributed by atoms with Crippen LogP contribution in [-0.4, -0.2) is 12.2 Å². The summed E-state index contributed by atoms with van der Waals surface area (Å²) >= 11 is 0. The van der Waals surface area contributed by atoms with Gasteiger partial charge in [-0.15, -0.1) is 0 Å². The van der Waals surface area contributed by atoms with Gasteiger partial charge in [0.25, 0.3) is 0 Å².